The Hall–Kier alpha value is -2.12. The topological polar surface area (TPSA) is 62.3 Å². The summed E-state index contributed by atoms with van der Waals surface area (Å²) >= 11 is 0. The van der Waals surface area contributed by atoms with E-state index in [2.05, 4.69) is 10.3 Å². The number of rotatable bonds is 3. The first-order chi connectivity index (χ1) is 9.76. The van der Waals surface area contributed by atoms with Crippen LogP contribution in [0.5, 0.6) is 0 Å². The number of hydrogen-bond donors (Lipinski definition) is 1. The Morgan fingerprint density at radius 3 is 2.86 bits per heavy atom. The number of nitrogens with one attached hydrogen (secondary N) is 1. The van der Waals surface area contributed by atoms with Crippen molar-refractivity contribution >= 4 is 17.6 Å². The predicted molar refractivity (Wildman–Crippen MR) is 68.3 cm³/mol. The summed E-state index contributed by atoms with van der Waals surface area (Å²) in [6.45, 7) is 0.201. The molecule has 1 aromatic rings. The van der Waals surface area contributed by atoms with Gasteiger partial charge in [0, 0.05) is 19.2 Å². The van der Waals surface area contributed by atoms with E-state index in [9.17, 15) is 22.8 Å². The van der Waals surface area contributed by atoms with E-state index in [4.69, 9.17) is 0 Å². The lowest BCUT2D eigenvalue weighted by Crippen LogP contribution is -2.36. The molecule has 1 aliphatic rings. The highest BCUT2D eigenvalue weighted by molar-refractivity contribution is 5.97. The fourth-order valence-electron chi connectivity index (χ4n) is 2.15. The SMILES string of the molecule is Cc1cccnc1NC(=O)[C@H]1CC(=O)N(CC(F)(F)F)C1. The van der Waals surface area contributed by atoms with Crippen molar-refractivity contribution in [2.45, 2.75) is 19.5 Å². The minimum Gasteiger partial charge on any atom is -0.333 e. The molecule has 21 heavy (non-hydrogen) atoms. The zero-order chi connectivity index (χ0) is 15.6. The van der Waals surface area contributed by atoms with Gasteiger partial charge in [0.15, 0.2) is 0 Å². The van der Waals surface area contributed by atoms with Crippen LogP contribution in [0.15, 0.2) is 18.3 Å². The summed E-state index contributed by atoms with van der Waals surface area (Å²) in [6.07, 6.45) is -3.18. The molecule has 2 rings (SSSR count). The van der Waals surface area contributed by atoms with Crippen LogP contribution < -0.4 is 5.32 Å². The third kappa shape index (κ3) is 3.93. The van der Waals surface area contributed by atoms with Crippen LogP contribution in [0.3, 0.4) is 0 Å². The number of nitrogens with zero attached hydrogens (tertiary/aromatic N) is 2. The average molecular weight is 301 g/mol. The first kappa shape index (κ1) is 15.3. The standard InChI is InChI=1S/C13H14F3N3O2/c1-8-3-2-4-17-11(8)18-12(21)9-5-10(20)19(6-9)7-13(14,15)16/h2-4,9H,5-7H2,1H3,(H,17,18,21)/t9-/m0/s1. The van der Waals surface area contributed by atoms with Gasteiger partial charge in [-0.3, -0.25) is 9.59 Å². The summed E-state index contributed by atoms with van der Waals surface area (Å²) in [4.78, 5) is 28.2. The average Bonchev–Trinajstić information content (AvgIpc) is 2.72. The van der Waals surface area contributed by atoms with E-state index < -0.39 is 30.5 Å². The summed E-state index contributed by atoms with van der Waals surface area (Å²) < 4.78 is 36.9. The number of aromatic nitrogens is 1. The van der Waals surface area contributed by atoms with Crippen LogP contribution in [0.4, 0.5) is 19.0 Å². The molecule has 2 heterocycles. The fraction of sp³-hybridized carbons (Fsp3) is 0.462. The molecule has 1 aromatic heterocycles. The zero-order valence-corrected chi connectivity index (χ0v) is 11.3. The van der Waals surface area contributed by atoms with E-state index in [0.29, 0.717) is 10.7 Å². The Morgan fingerprint density at radius 1 is 1.52 bits per heavy atom. The second kappa shape index (κ2) is 5.71. The van der Waals surface area contributed by atoms with Gasteiger partial charge < -0.3 is 10.2 Å². The summed E-state index contributed by atoms with van der Waals surface area (Å²) in [7, 11) is 0. The number of hydrogen-bond acceptors (Lipinski definition) is 3. The van der Waals surface area contributed by atoms with E-state index in [0.717, 1.165) is 5.56 Å². The molecule has 1 saturated heterocycles. The number of carbonyl (C=O) groups excluding carboxylic acids is 2. The molecular formula is C13H14F3N3O2. The van der Waals surface area contributed by atoms with Crippen LogP contribution in [-0.2, 0) is 9.59 Å². The van der Waals surface area contributed by atoms with Gasteiger partial charge in [-0.15, -0.1) is 0 Å². The number of anilines is 1. The van der Waals surface area contributed by atoms with Crippen molar-refractivity contribution in [2.24, 2.45) is 5.92 Å². The number of amides is 2. The third-order valence-corrected chi connectivity index (χ3v) is 3.21. The van der Waals surface area contributed by atoms with Gasteiger partial charge in [0.25, 0.3) is 0 Å². The summed E-state index contributed by atoms with van der Waals surface area (Å²) in [6, 6.07) is 3.45. The third-order valence-electron chi connectivity index (χ3n) is 3.21. The lowest BCUT2D eigenvalue weighted by Gasteiger charge is -2.18. The van der Waals surface area contributed by atoms with Crippen molar-refractivity contribution in [1.29, 1.82) is 0 Å². The van der Waals surface area contributed by atoms with Crippen LogP contribution in [0, 0.1) is 12.8 Å². The van der Waals surface area contributed by atoms with Gasteiger partial charge in [-0.25, -0.2) is 4.98 Å². The van der Waals surface area contributed by atoms with Crippen molar-refractivity contribution < 1.29 is 22.8 Å². The first-order valence-electron chi connectivity index (χ1n) is 6.33. The van der Waals surface area contributed by atoms with Crippen LogP contribution in [0.1, 0.15) is 12.0 Å². The smallest absolute Gasteiger partial charge is 0.333 e. The van der Waals surface area contributed by atoms with Gasteiger partial charge >= 0.3 is 6.18 Å². The molecule has 0 bridgehead atoms. The number of halogens is 3. The summed E-state index contributed by atoms with van der Waals surface area (Å²) in [5.74, 6) is -1.59. The molecule has 5 nitrogen and oxygen atoms in total. The number of pyridine rings is 1. The molecule has 1 atom stereocenters. The van der Waals surface area contributed by atoms with Crippen LogP contribution >= 0.6 is 0 Å². The molecule has 0 aliphatic carbocycles. The second-order valence-electron chi connectivity index (χ2n) is 4.95. The van der Waals surface area contributed by atoms with Crippen molar-refractivity contribution in [3.05, 3.63) is 23.9 Å². The van der Waals surface area contributed by atoms with Crippen molar-refractivity contribution in [2.75, 3.05) is 18.4 Å². The normalized spacial score (nSPS) is 19.0. The quantitative estimate of drug-likeness (QED) is 0.925. The summed E-state index contributed by atoms with van der Waals surface area (Å²) in [5.41, 5.74) is 0.738. The van der Waals surface area contributed by atoms with Gasteiger partial charge in [-0.1, -0.05) is 6.07 Å². The lowest BCUT2D eigenvalue weighted by molar-refractivity contribution is -0.157. The van der Waals surface area contributed by atoms with E-state index in [1.54, 1.807) is 19.1 Å². The maximum atomic E-state index is 12.3. The Bertz CT molecular complexity index is 560. The minimum atomic E-state index is -4.46. The minimum absolute atomic E-state index is 0.214. The monoisotopic (exact) mass is 301 g/mol. The largest absolute Gasteiger partial charge is 0.406 e. The lowest BCUT2D eigenvalue weighted by atomic mass is 10.1. The van der Waals surface area contributed by atoms with Gasteiger partial charge in [-0.2, -0.15) is 13.2 Å². The summed E-state index contributed by atoms with van der Waals surface area (Å²) in [5, 5.41) is 2.55. The molecule has 0 aromatic carbocycles. The number of aryl methyl sites for hydroxylation is 1. The number of alkyl halides is 3. The number of likely N-dealkylation sites (tertiary alicyclic amines) is 1. The predicted octanol–water partition coefficient (Wildman–Crippen LogP) is 1.74. The molecule has 2 amide bonds. The van der Waals surface area contributed by atoms with E-state index in [1.807, 2.05) is 0 Å². The fourth-order valence-corrected chi connectivity index (χ4v) is 2.15. The highest BCUT2D eigenvalue weighted by atomic mass is 19.4. The number of carbonyl (C=O) groups is 2. The molecule has 8 heteroatoms. The highest BCUT2D eigenvalue weighted by Gasteiger charge is 2.40. The molecular weight excluding hydrogens is 287 g/mol. The van der Waals surface area contributed by atoms with Gasteiger partial charge in [0.2, 0.25) is 11.8 Å². The molecule has 0 spiro atoms. The zero-order valence-electron chi connectivity index (χ0n) is 11.3. The maximum absolute atomic E-state index is 12.3. The maximum Gasteiger partial charge on any atom is 0.406 e. The van der Waals surface area contributed by atoms with Crippen molar-refractivity contribution in [3.63, 3.8) is 0 Å². The second-order valence-corrected chi connectivity index (χ2v) is 4.95. The van der Waals surface area contributed by atoms with Crippen LogP contribution in [-0.4, -0.2) is 41.0 Å². The van der Waals surface area contributed by atoms with E-state index >= 15 is 0 Å². The van der Waals surface area contributed by atoms with E-state index in [-0.39, 0.29) is 13.0 Å². The van der Waals surface area contributed by atoms with Gasteiger partial charge in [0.05, 0.1) is 5.92 Å². The Labute approximate surface area is 119 Å². The first-order valence-corrected chi connectivity index (χ1v) is 6.33. The highest BCUT2D eigenvalue weighted by Crippen LogP contribution is 2.24. The Morgan fingerprint density at radius 2 is 2.24 bits per heavy atom. The molecule has 1 fully saturated rings. The molecule has 0 unspecified atom stereocenters. The molecule has 0 radical (unpaired) electrons. The molecule has 114 valence electrons. The van der Waals surface area contributed by atoms with Gasteiger partial charge in [0.1, 0.15) is 12.4 Å². The Balaban J connectivity index is 1.99. The van der Waals surface area contributed by atoms with Crippen LogP contribution in [0.25, 0.3) is 0 Å². The van der Waals surface area contributed by atoms with Crippen molar-refractivity contribution in [1.82, 2.24) is 9.88 Å². The van der Waals surface area contributed by atoms with Gasteiger partial charge in [-0.05, 0) is 18.6 Å². The molecule has 0 saturated carbocycles. The molecule has 1 aliphatic heterocycles. The van der Waals surface area contributed by atoms with Crippen molar-refractivity contribution in [3.8, 4) is 0 Å². The van der Waals surface area contributed by atoms with E-state index in [1.165, 1.54) is 6.20 Å². The van der Waals surface area contributed by atoms with Crippen LogP contribution in [0.2, 0.25) is 0 Å². The Kier molecular flexibility index (Phi) is 4.15. The molecule has 1 N–H and O–H groups in total.